The first-order valence-corrected chi connectivity index (χ1v) is 9.63. The van der Waals surface area contributed by atoms with E-state index in [1.807, 2.05) is 0 Å². The Morgan fingerprint density at radius 1 is 0.920 bits per heavy atom. The highest BCUT2D eigenvalue weighted by Crippen LogP contribution is 2.23. The third kappa shape index (κ3) is 6.21. The molecule has 25 heavy (non-hydrogen) atoms. The molecule has 0 aliphatic heterocycles. The van der Waals surface area contributed by atoms with Crippen LogP contribution in [0.15, 0.2) is 42.5 Å². The van der Waals surface area contributed by atoms with Crippen LogP contribution in [0, 0.1) is 13.8 Å². The van der Waals surface area contributed by atoms with Crippen LogP contribution in [0.1, 0.15) is 60.8 Å². The largest absolute Gasteiger partial charge is 0.494 e. The van der Waals surface area contributed by atoms with E-state index in [1.54, 1.807) is 0 Å². The standard InChI is InChI=1S/C23H33NO/c1-4-5-6-7-14-25-23-12-9-20(10-13-23)16-22(17-24)21-11-8-18(2)19(3)15-21/h8-13,15,22H,4-7,14,16-17,24H2,1-3H3. The highest BCUT2D eigenvalue weighted by Gasteiger charge is 2.11. The van der Waals surface area contributed by atoms with E-state index in [0.717, 1.165) is 25.2 Å². The Morgan fingerprint density at radius 3 is 2.32 bits per heavy atom. The highest BCUT2D eigenvalue weighted by molar-refractivity contribution is 5.34. The number of unbranched alkanes of at least 4 members (excludes halogenated alkanes) is 3. The molecule has 0 saturated heterocycles. The number of hydrogen-bond donors (Lipinski definition) is 1. The number of aryl methyl sites for hydroxylation is 2. The van der Waals surface area contributed by atoms with Crippen LogP contribution < -0.4 is 10.5 Å². The van der Waals surface area contributed by atoms with E-state index < -0.39 is 0 Å². The van der Waals surface area contributed by atoms with Gasteiger partial charge >= 0.3 is 0 Å². The van der Waals surface area contributed by atoms with Gasteiger partial charge in [-0.2, -0.15) is 0 Å². The number of nitrogens with two attached hydrogens (primary N) is 1. The van der Waals surface area contributed by atoms with E-state index in [9.17, 15) is 0 Å². The monoisotopic (exact) mass is 339 g/mol. The summed E-state index contributed by atoms with van der Waals surface area (Å²) in [5, 5.41) is 0. The van der Waals surface area contributed by atoms with E-state index in [0.29, 0.717) is 12.5 Å². The molecule has 0 saturated carbocycles. The molecule has 2 aromatic rings. The Bertz CT molecular complexity index is 633. The normalized spacial score (nSPS) is 12.2. The molecule has 0 aromatic heterocycles. The van der Waals surface area contributed by atoms with Crippen molar-refractivity contribution in [2.75, 3.05) is 13.2 Å². The third-order valence-electron chi connectivity index (χ3n) is 4.96. The van der Waals surface area contributed by atoms with E-state index in [2.05, 4.69) is 63.2 Å². The van der Waals surface area contributed by atoms with Crippen LogP contribution in [0.25, 0.3) is 0 Å². The zero-order valence-corrected chi connectivity index (χ0v) is 16.1. The first-order valence-electron chi connectivity index (χ1n) is 9.63. The van der Waals surface area contributed by atoms with Crippen molar-refractivity contribution in [3.8, 4) is 5.75 Å². The van der Waals surface area contributed by atoms with Gasteiger partial charge in [-0.1, -0.05) is 56.5 Å². The molecule has 0 heterocycles. The van der Waals surface area contributed by atoms with Crippen molar-refractivity contribution >= 4 is 0 Å². The second kappa shape index (κ2) is 10.2. The van der Waals surface area contributed by atoms with Gasteiger partial charge in [0, 0.05) is 5.92 Å². The van der Waals surface area contributed by atoms with Gasteiger partial charge in [0.1, 0.15) is 5.75 Å². The van der Waals surface area contributed by atoms with E-state index in [1.165, 1.54) is 41.5 Å². The molecule has 0 amide bonds. The molecule has 0 aliphatic rings. The molecule has 0 bridgehead atoms. The summed E-state index contributed by atoms with van der Waals surface area (Å²) in [5.74, 6) is 1.33. The molecule has 1 atom stereocenters. The lowest BCUT2D eigenvalue weighted by Gasteiger charge is -2.17. The van der Waals surface area contributed by atoms with Crippen LogP contribution in [0.4, 0.5) is 0 Å². The van der Waals surface area contributed by atoms with Crippen molar-refractivity contribution in [2.45, 2.75) is 58.8 Å². The quantitative estimate of drug-likeness (QED) is 0.576. The predicted molar refractivity (Wildman–Crippen MR) is 107 cm³/mol. The van der Waals surface area contributed by atoms with Crippen molar-refractivity contribution in [2.24, 2.45) is 5.73 Å². The molecular formula is C23H33NO. The molecule has 2 aromatic carbocycles. The zero-order valence-electron chi connectivity index (χ0n) is 16.1. The number of benzene rings is 2. The molecule has 2 rings (SSSR count). The summed E-state index contributed by atoms with van der Waals surface area (Å²) in [6.07, 6.45) is 5.91. The molecule has 0 fully saturated rings. The van der Waals surface area contributed by atoms with Gasteiger partial charge in [0.05, 0.1) is 6.61 Å². The van der Waals surface area contributed by atoms with Crippen LogP contribution in [0.5, 0.6) is 5.75 Å². The van der Waals surface area contributed by atoms with Gasteiger partial charge in [0.15, 0.2) is 0 Å². The van der Waals surface area contributed by atoms with Crippen LogP contribution >= 0.6 is 0 Å². The first-order chi connectivity index (χ1) is 12.1. The van der Waals surface area contributed by atoms with Gasteiger partial charge in [-0.05, 0) is 67.6 Å². The van der Waals surface area contributed by atoms with E-state index in [4.69, 9.17) is 10.5 Å². The molecule has 2 heteroatoms. The molecular weight excluding hydrogens is 306 g/mol. The Labute approximate surface area is 153 Å². The fourth-order valence-electron chi connectivity index (χ4n) is 3.08. The zero-order chi connectivity index (χ0) is 18.1. The van der Waals surface area contributed by atoms with Crippen molar-refractivity contribution in [3.63, 3.8) is 0 Å². The van der Waals surface area contributed by atoms with Crippen LogP contribution in [0.3, 0.4) is 0 Å². The van der Waals surface area contributed by atoms with Gasteiger partial charge in [-0.25, -0.2) is 0 Å². The molecule has 2 N–H and O–H groups in total. The maximum Gasteiger partial charge on any atom is 0.119 e. The summed E-state index contributed by atoms with van der Waals surface area (Å²) in [7, 11) is 0. The maximum atomic E-state index is 6.05. The minimum absolute atomic E-state index is 0.361. The predicted octanol–water partition coefficient (Wildman–Crippen LogP) is 5.55. The van der Waals surface area contributed by atoms with Crippen molar-refractivity contribution in [1.82, 2.24) is 0 Å². The van der Waals surface area contributed by atoms with Gasteiger partial charge in [0.25, 0.3) is 0 Å². The first kappa shape index (κ1) is 19.5. The fraction of sp³-hybridized carbons (Fsp3) is 0.478. The summed E-state index contributed by atoms with van der Waals surface area (Å²) < 4.78 is 5.83. The molecule has 136 valence electrons. The minimum atomic E-state index is 0.361. The second-order valence-electron chi connectivity index (χ2n) is 7.03. The van der Waals surface area contributed by atoms with E-state index in [-0.39, 0.29) is 0 Å². The Morgan fingerprint density at radius 2 is 1.68 bits per heavy atom. The Hall–Kier alpha value is -1.80. The molecule has 0 spiro atoms. The Balaban J connectivity index is 1.91. The Kier molecular flexibility index (Phi) is 8.00. The molecule has 1 unspecified atom stereocenters. The van der Waals surface area contributed by atoms with Gasteiger partial charge < -0.3 is 10.5 Å². The smallest absolute Gasteiger partial charge is 0.119 e. The SMILES string of the molecule is CCCCCCOc1ccc(CC(CN)c2ccc(C)c(C)c2)cc1. The van der Waals surface area contributed by atoms with Crippen LogP contribution in [-0.4, -0.2) is 13.2 Å². The van der Waals surface area contributed by atoms with Crippen LogP contribution in [-0.2, 0) is 6.42 Å². The van der Waals surface area contributed by atoms with Gasteiger partial charge in [0.2, 0.25) is 0 Å². The average molecular weight is 340 g/mol. The summed E-state index contributed by atoms with van der Waals surface area (Å²) >= 11 is 0. The third-order valence-corrected chi connectivity index (χ3v) is 4.96. The summed E-state index contributed by atoms with van der Waals surface area (Å²) in [5.41, 5.74) is 11.4. The van der Waals surface area contributed by atoms with Crippen molar-refractivity contribution in [3.05, 3.63) is 64.7 Å². The lowest BCUT2D eigenvalue weighted by Crippen LogP contribution is -2.15. The number of hydrogen-bond acceptors (Lipinski definition) is 2. The van der Waals surface area contributed by atoms with Gasteiger partial charge in [-0.15, -0.1) is 0 Å². The van der Waals surface area contributed by atoms with Crippen molar-refractivity contribution in [1.29, 1.82) is 0 Å². The van der Waals surface area contributed by atoms with E-state index >= 15 is 0 Å². The minimum Gasteiger partial charge on any atom is -0.494 e. The molecule has 0 radical (unpaired) electrons. The van der Waals surface area contributed by atoms with Crippen LogP contribution in [0.2, 0.25) is 0 Å². The highest BCUT2D eigenvalue weighted by atomic mass is 16.5. The van der Waals surface area contributed by atoms with Gasteiger partial charge in [-0.3, -0.25) is 0 Å². The topological polar surface area (TPSA) is 35.2 Å². The summed E-state index contributed by atoms with van der Waals surface area (Å²) in [6.45, 7) is 8.02. The summed E-state index contributed by atoms with van der Waals surface area (Å²) in [6, 6.07) is 15.2. The molecule has 0 aliphatic carbocycles. The average Bonchev–Trinajstić information content (AvgIpc) is 2.63. The summed E-state index contributed by atoms with van der Waals surface area (Å²) in [4.78, 5) is 0. The van der Waals surface area contributed by atoms with Crippen molar-refractivity contribution < 1.29 is 4.74 Å². The molecule has 2 nitrogen and oxygen atoms in total. The lowest BCUT2D eigenvalue weighted by molar-refractivity contribution is 0.305. The fourth-order valence-corrected chi connectivity index (χ4v) is 3.08. The maximum absolute atomic E-state index is 6.05. The lowest BCUT2D eigenvalue weighted by atomic mass is 9.90. The number of ether oxygens (including phenoxy) is 1. The second-order valence-corrected chi connectivity index (χ2v) is 7.03. The number of rotatable bonds is 10.